The van der Waals surface area contributed by atoms with Gasteiger partial charge in [0.1, 0.15) is 6.04 Å². The Labute approximate surface area is 113 Å². The van der Waals surface area contributed by atoms with Gasteiger partial charge in [0.2, 0.25) is 15.9 Å². The summed E-state index contributed by atoms with van der Waals surface area (Å²) < 4.78 is 25.6. The van der Waals surface area contributed by atoms with Gasteiger partial charge in [-0.2, -0.15) is 4.31 Å². The molecular weight excluding hydrogens is 264 g/mol. The summed E-state index contributed by atoms with van der Waals surface area (Å²) >= 11 is 0. The van der Waals surface area contributed by atoms with E-state index in [9.17, 15) is 13.2 Å². The van der Waals surface area contributed by atoms with Crippen molar-refractivity contribution in [2.75, 3.05) is 13.1 Å². The molecule has 1 aliphatic rings. The fourth-order valence-corrected chi connectivity index (χ4v) is 3.28. The molecule has 1 fully saturated rings. The van der Waals surface area contributed by atoms with Gasteiger partial charge in [-0.05, 0) is 18.6 Å². The summed E-state index contributed by atoms with van der Waals surface area (Å²) in [5.41, 5.74) is 0.806. The van der Waals surface area contributed by atoms with Crippen LogP contribution in [0, 0.1) is 0 Å². The number of carbonyl (C=O) groups excluding carboxylic acids is 1. The Bertz CT molecular complexity index is 581. The summed E-state index contributed by atoms with van der Waals surface area (Å²) in [6, 6.07) is 8.51. The van der Waals surface area contributed by atoms with Crippen LogP contribution < -0.4 is 5.32 Å². The van der Waals surface area contributed by atoms with Gasteiger partial charge in [-0.15, -0.1) is 0 Å². The Hall–Kier alpha value is -1.66. The molecule has 0 aliphatic carbocycles. The number of carbonyl (C=O) groups is 1. The summed E-state index contributed by atoms with van der Waals surface area (Å²) in [5.74, 6) is -0.261. The van der Waals surface area contributed by atoms with Crippen molar-refractivity contribution in [1.29, 1.82) is 0 Å². The maximum absolute atomic E-state index is 12.2. The van der Waals surface area contributed by atoms with Crippen LogP contribution >= 0.6 is 0 Å². The van der Waals surface area contributed by atoms with E-state index in [0.29, 0.717) is 13.1 Å². The number of nitrogens with one attached hydrogen (secondary N) is 1. The van der Waals surface area contributed by atoms with Crippen molar-refractivity contribution in [3.63, 3.8) is 0 Å². The van der Waals surface area contributed by atoms with Crippen LogP contribution in [-0.4, -0.2) is 37.8 Å². The summed E-state index contributed by atoms with van der Waals surface area (Å²) in [6.45, 7) is 2.23. The van der Waals surface area contributed by atoms with Crippen LogP contribution in [0.4, 0.5) is 0 Å². The van der Waals surface area contributed by atoms with E-state index < -0.39 is 16.1 Å². The zero-order valence-corrected chi connectivity index (χ0v) is 11.4. The first-order chi connectivity index (χ1) is 9.00. The largest absolute Gasteiger partial charge is 0.353 e. The van der Waals surface area contributed by atoms with Crippen LogP contribution in [0.15, 0.2) is 35.7 Å². The number of hydrogen-bond donors (Lipinski definition) is 1. The van der Waals surface area contributed by atoms with Gasteiger partial charge in [0.05, 0.1) is 0 Å². The molecule has 1 saturated heterocycles. The Balaban J connectivity index is 2.18. The number of amides is 1. The molecule has 0 spiro atoms. The van der Waals surface area contributed by atoms with Crippen LogP contribution in [0.5, 0.6) is 0 Å². The van der Waals surface area contributed by atoms with E-state index in [2.05, 4.69) is 5.32 Å². The van der Waals surface area contributed by atoms with Gasteiger partial charge < -0.3 is 5.32 Å². The summed E-state index contributed by atoms with van der Waals surface area (Å²) in [6.07, 6.45) is 1.54. The lowest BCUT2D eigenvalue weighted by atomic mass is 10.2. The van der Waals surface area contributed by atoms with Crippen LogP contribution in [0.25, 0.3) is 6.08 Å². The first-order valence-corrected chi connectivity index (χ1v) is 7.54. The average molecular weight is 280 g/mol. The van der Waals surface area contributed by atoms with Gasteiger partial charge in [-0.3, -0.25) is 4.79 Å². The number of piperazine rings is 1. The van der Waals surface area contributed by atoms with Crippen molar-refractivity contribution in [3.8, 4) is 0 Å². The predicted octanol–water partition coefficient (Wildman–Crippen LogP) is 0.807. The minimum Gasteiger partial charge on any atom is -0.353 e. The topological polar surface area (TPSA) is 66.5 Å². The van der Waals surface area contributed by atoms with E-state index in [1.165, 1.54) is 10.4 Å². The molecule has 1 heterocycles. The fraction of sp³-hybridized carbons (Fsp3) is 0.308. The molecular formula is C13H16N2O3S. The first-order valence-electron chi connectivity index (χ1n) is 6.03. The van der Waals surface area contributed by atoms with Crippen molar-refractivity contribution < 1.29 is 13.2 Å². The van der Waals surface area contributed by atoms with Crippen molar-refractivity contribution in [1.82, 2.24) is 9.62 Å². The van der Waals surface area contributed by atoms with Gasteiger partial charge in [-0.25, -0.2) is 8.42 Å². The Morgan fingerprint density at radius 1 is 1.32 bits per heavy atom. The third kappa shape index (κ3) is 3.21. The number of nitrogens with zero attached hydrogens (tertiary/aromatic N) is 1. The van der Waals surface area contributed by atoms with Crippen molar-refractivity contribution in [3.05, 3.63) is 41.3 Å². The number of sulfonamides is 1. The molecule has 19 heavy (non-hydrogen) atoms. The second kappa shape index (κ2) is 5.54. The number of hydrogen-bond acceptors (Lipinski definition) is 3. The fourth-order valence-electron chi connectivity index (χ4n) is 1.92. The van der Waals surface area contributed by atoms with Crippen LogP contribution in [-0.2, 0) is 14.8 Å². The molecule has 0 saturated carbocycles. The zero-order valence-electron chi connectivity index (χ0n) is 10.6. The third-order valence-corrected chi connectivity index (χ3v) is 4.63. The van der Waals surface area contributed by atoms with Crippen LogP contribution in [0.3, 0.4) is 0 Å². The molecule has 1 atom stereocenters. The normalized spacial score (nSPS) is 21.5. The highest BCUT2D eigenvalue weighted by molar-refractivity contribution is 7.92. The standard InChI is InChI=1S/C13H16N2O3S/c1-11-13(16)14-8-9-15(11)19(17,18)10-7-12-5-3-2-4-6-12/h2-7,10-11H,8-9H2,1H3,(H,14,16). The second-order valence-corrected chi connectivity index (χ2v) is 6.11. The maximum Gasteiger partial charge on any atom is 0.238 e. The molecule has 5 nitrogen and oxygen atoms in total. The molecule has 102 valence electrons. The molecule has 2 rings (SSSR count). The third-order valence-electron chi connectivity index (χ3n) is 3.00. The van der Waals surface area contributed by atoms with E-state index in [1.54, 1.807) is 6.92 Å². The lowest BCUT2D eigenvalue weighted by Crippen LogP contribution is -2.55. The van der Waals surface area contributed by atoms with E-state index in [0.717, 1.165) is 11.0 Å². The van der Waals surface area contributed by atoms with Gasteiger partial charge in [0.25, 0.3) is 0 Å². The number of benzene rings is 1. The monoisotopic (exact) mass is 280 g/mol. The molecule has 0 bridgehead atoms. The molecule has 1 amide bonds. The molecule has 6 heteroatoms. The van der Waals surface area contributed by atoms with Crippen molar-refractivity contribution in [2.45, 2.75) is 13.0 Å². The van der Waals surface area contributed by atoms with Crippen molar-refractivity contribution >= 4 is 22.0 Å². The Morgan fingerprint density at radius 3 is 2.68 bits per heavy atom. The molecule has 1 unspecified atom stereocenters. The van der Waals surface area contributed by atoms with E-state index in [1.807, 2.05) is 30.3 Å². The average Bonchev–Trinajstić information content (AvgIpc) is 2.41. The minimum absolute atomic E-state index is 0.261. The first kappa shape index (κ1) is 13.8. The molecule has 1 N–H and O–H groups in total. The molecule has 0 aromatic heterocycles. The number of rotatable bonds is 3. The SMILES string of the molecule is CC1C(=O)NCCN1S(=O)(=O)C=Cc1ccccc1. The maximum atomic E-state index is 12.2. The Kier molecular flexibility index (Phi) is 4.01. The Morgan fingerprint density at radius 2 is 2.00 bits per heavy atom. The van der Waals surface area contributed by atoms with E-state index in [4.69, 9.17) is 0 Å². The lowest BCUT2D eigenvalue weighted by molar-refractivity contribution is -0.126. The van der Waals surface area contributed by atoms with E-state index in [-0.39, 0.29) is 5.91 Å². The van der Waals surface area contributed by atoms with Gasteiger partial charge in [0.15, 0.2) is 0 Å². The van der Waals surface area contributed by atoms with Crippen LogP contribution in [0.1, 0.15) is 12.5 Å². The smallest absolute Gasteiger partial charge is 0.238 e. The molecule has 1 aromatic rings. The van der Waals surface area contributed by atoms with Gasteiger partial charge in [0, 0.05) is 18.5 Å². The highest BCUT2D eigenvalue weighted by Gasteiger charge is 2.32. The summed E-state index contributed by atoms with van der Waals surface area (Å²) in [5, 5.41) is 3.79. The zero-order chi connectivity index (χ0) is 13.9. The lowest BCUT2D eigenvalue weighted by Gasteiger charge is -2.30. The summed E-state index contributed by atoms with van der Waals surface area (Å²) in [7, 11) is -3.57. The molecule has 1 aromatic carbocycles. The quantitative estimate of drug-likeness (QED) is 0.891. The van der Waals surface area contributed by atoms with Crippen molar-refractivity contribution in [2.24, 2.45) is 0 Å². The second-order valence-electron chi connectivity index (χ2n) is 4.34. The predicted molar refractivity (Wildman–Crippen MR) is 73.6 cm³/mol. The summed E-state index contributed by atoms with van der Waals surface area (Å²) in [4.78, 5) is 11.5. The van der Waals surface area contributed by atoms with Crippen LogP contribution in [0.2, 0.25) is 0 Å². The molecule has 1 aliphatic heterocycles. The van der Waals surface area contributed by atoms with Gasteiger partial charge in [-0.1, -0.05) is 30.3 Å². The van der Waals surface area contributed by atoms with Gasteiger partial charge >= 0.3 is 0 Å². The highest BCUT2D eigenvalue weighted by atomic mass is 32.2. The minimum atomic E-state index is -3.57. The highest BCUT2D eigenvalue weighted by Crippen LogP contribution is 2.13. The van der Waals surface area contributed by atoms with E-state index >= 15 is 0 Å². The molecule has 0 radical (unpaired) electrons.